The number of hydrogen-bond donors (Lipinski definition) is 3. The standard InChI is InChI=1S/C16H22N4O2S/c1-11(21)9-17-15(22)18-12-5-4-8-20(10-12)16-19-13-6-2-3-7-14(13)23-16/h2-3,6-7,11-12,21H,4-5,8-10H2,1H3,(H2,17,18,22). The molecule has 0 radical (unpaired) electrons. The Hall–Kier alpha value is -1.86. The number of piperidine rings is 1. The fourth-order valence-corrected chi connectivity index (χ4v) is 3.74. The number of carbonyl (C=O) groups excluding carboxylic acids is 1. The van der Waals surface area contributed by atoms with E-state index in [1.165, 1.54) is 4.70 Å². The van der Waals surface area contributed by atoms with Crippen LogP contribution >= 0.6 is 11.3 Å². The van der Waals surface area contributed by atoms with Crippen molar-refractivity contribution in [3.8, 4) is 0 Å². The molecule has 7 heteroatoms. The highest BCUT2D eigenvalue weighted by atomic mass is 32.1. The van der Waals surface area contributed by atoms with E-state index in [1.54, 1.807) is 18.3 Å². The van der Waals surface area contributed by atoms with Gasteiger partial charge in [-0.1, -0.05) is 23.5 Å². The normalized spacial score (nSPS) is 19.6. The third-order valence-electron chi connectivity index (χ3n) is 3.87. The molecule has 1 fully saturated rings. The number of anilines is 1. The van der Waals surface area contributed by atoms with E-state index in [4.69, 9.17) is 4.98 Å². The number of fused-ring (bicyclic) bond motifs is 1. The maximum absolute atomic E-state index is 11.8. The molecule has 3 rings (SSSR count). The summed E-state index contributed by atoms with van der Waals surface area (Å²) in [5.41, 5.74) is 1.03. The van der Waals surface area contributed by atoms with Crippen molar-refractivity contribution < 1.29 is 9.90 Å². The largest absolute Gasteiger partial charge is 0.392 e. The highest BCUT2D eigenvalue weighted by molar-refractivity contribution is 7.22. The molecule has 1 aliphatic heterocycles. The van der Waals surface area contributed by atoms with Gasteiger partial charge in [0.25, 0.3) is 0 Å². The van der Waals surface area contributed by atoms with E-state index >= 15 is 0 Å². The number of aliphatic hydroxyl groups is 1. The predicted octanol–water partition coefficient (Wildman–Crippen LogP) is 1.95. The lowest BCUT2D eigenvalue weighted by molar-refractivity contribution is 0.186. The van der Waals surface area contributed by atoms with Crippen LogP contribution in [-0.4, -0.2) is 47.9 Å². The van der Waals surface area contributed by atoms with Crippen LogP contribution in [0.15, 0.2) is 24.3 Å². The average molecular weight is 334 g/mol. The summed E-state index contributed by atoms with van der Waals surface area (Å²) in [6.07, 6.45) is 1.45. The van der Waals surface area contributed by atoms with Crippen LogP contribution in [0, 0.1) is 0 Å². The van der Waals surface area contributed by atoms with Crippen LogP contribution in [0.3, 0.4) is 0 Å². The highest BCUT2D eigenvalue weighted by Crippen LogP contribution is 2.30. The first-order valence-corrected chi connectivity index (χ1v) is 8.76. The summed E-state index contributed by atoms with van der Waals surface area (Å²) in [5, 5.41) is 15.9. The molecule has 1 aromatic carbocycles. The molecular weight excluding hydrogens is 312 g/mol. The smallest absolute Gasteiger partial charge is 0.315 e. The second-order valence-electron chi connectivity index (χ2n) is 5.95. The lowest BCUT2D eigenvalue weighted by Crippen LogP contribution is -2.51. The predicted molar refractivity (Wildman–Crippen MR) is 93.1 cm³/mol. The monoisotopic (exact) mass is 334 g/mol. The molecular formula is C16H22N4O2S. The minimum absolute atomic E-state index is 0.102. The van der Waals surface area contributed by atoms with Gasteiger partial charge >= 0.3 is 6.03 Å². The Labute approximate surface area is 139 Å². The van der Waals surface area contributed by atoms with Crippen LogP contribution in [0.4, 0.5) is 9.93 Å². The number of nitrogens with one attached hydrogen (secondary N) is 2. The number of thiazole rings is 1. The van der Waals surface area contributed by atoms with Crippen LogP contribution in [0.25, 0.3) is 10.2 Å². The number of aromatic nitrogens is 1. The number of nitrogens with zero attached hydrogens (tertiary/aromatic N) is 2. The second-order valence-corrected chi connectivity index (χ2v) is 6.96. The van der Waals surface area contributed by atoms with E-state index in [1.807, 2.05) is 18.2 Å². The molecule has 2 heterocycles. The Bertz CT molecular complexity index is 640. The Morgan fingerprint density at radius 1 is 1.52 bits per heavy atom. The summed E-state index contributed by atoms with van der Waals surface area (Å²) in [7, 11) is 0. The van der Waals surface area contributed by atoms with Gasteiger partial charge in [-0.05, 0) is 31.9 Å². The third-order valence-corrected chi connectivity index (χ3v) is 4.96. The summed E-state index contributed by atoms with van der Waals surface area (Å²) in [5.74, 6) is 0. The number of aliphatic hydroxyl groups excluding tert-OH is 1. The quantitative estimate of drug-likeness (QED) is 0.799. The van der Waals surface area contributed by atoms with Crippen molar-refractivity contribution in [3.63, 3.8) is 0 Å². The van der Waals surface area contributed by atoms with Gasteiger partial charge in [-0.2, -0.15) is 0 Å². The molecule has 1 aliphatic rings. The first-order valence-electron chi connectivity index (χ1n) is 7.95. The molecule has 6 nitrogen and oxygen atoms in total. The molecule has 2 atom stereocenters. The number of hydrogen-bond acceptors (Lipinski definition) is 5. The number of benzene rings is 1. The number of para-hydroxylation sites is 1. The Balaban J connectivity index is 1.60. The van der Waals surface area contributed by atoms with E-state index < -0.39 is 6.10 Å². The molecule has 0 aliphatic carbocycles. The van der Waals surface area contributed by atoms with Gasteiger partial charge in [-0.3, -0.25) is 0 Å². The number of carbonyl (C=O) groups is 1. The van der Waals surface area contributed by atoms with Gasteiger partial charge in [0.2, 0.25) is 0 Å². The first kappa shape index (κ1) is 16.0. The van der Waals surface area contributed by atoms with Gasteiger partial charge in [0.05, 0.1) is 16.3 Å². The third kappa shape index (κ3) is 4.11. The van der Waals surface area contributed by atoms with Crippen LogP contribution in [0.5, 0.6) is 0 Å². The summed E-state index contributed by atoms with van der Waals surface area (Å²) >= 11 is 1.69. The van der Waals surface area contributed by atoms with Crippen molar-refractivity contribution in [2.75, 3.05) is 24.5 Å². The lowest BCUT2D eigenvalue weighted by atomic mass is 10.1. The number of urea groups is 1. The zero-order valence-electron chi connectivity index (χ0n) is 13.2. The summed E-state index contributed by atoms with van der Waals surface area (Å²) in [6, 6.07) is 8.01. The van der Waals surface area contributed by atoms with Crippen molar-refractivity contribution in [2.24, 2.45) is 0 Å². The second kappa shape index (κ2) is 7.14. The molecule has 1 aromatic heterocycles. The fraction of sp³-hybridized carbons (Fsp3) is 0.500. The molecule has 2 amide bonds. The van der Waals surface area contributed by atoms with Gasteiger partial charge in [0.15, 0.2) is 5.13 Å². The molecule has 23 heavy (non-hydrogen) atoms. The van der Waals surface area contributed by atoms with Crippen LogP contribution in [0.2, 0.25) is 0 Å². The Morgan fingerprint density at radius 3 is 3.13 bits per heavy atom. The SMILES string of the molecule is CC(O)CNC(=O)NC1CCCN(c2nc3ccccc3s2)C1. The van der Waals surface area contributed by atoms with Crippen molar-refractivity contribution >= 4 is 32.7 Å². The maximum atomic E-state index is 11.8. The number of amides is 2. The Morgan fingerprint density at radius 2 is 2.35 bits per heavy atom. The van der Waals surface area contributed by atoms with Gasteiger partial charge < -0.3 is 20.6 Å². The minimum atomic E-state index is -0.536. The van der Waals surface area contributed by atoms with E-state index in [0.717, 1.165) is 36.6 Å². The molecule has 0 saturated carbocycles. The van der Waals surface area contributed by atoms with E-state index in [9.17, 15) is 9.90 Å². The maximum Gasteiger partial charge on any atom is 0.315 e. The van der Waals surface area contributed by atoms with E-state index in [-0.39, 0.29) is 18.6 Å². The molecule has 1 saturated heterocycles. The van der Waals surface area contributed by atoms with Gasteiger partial charge in [0.1, 0.15) is 0 Å². The van der Waals surface area contributed by atoms with Crippen molar-refractivity contribution in [2.45, 2.75) is 31.9 Å². The summed E-state index contributed by atoms with van der Waals surface area (Å²) in [4.78, 5) is 18.8. The van der Waals surface area contributed by atoms with Crippen LogP contribution in [0.1, 0.15) is 19.8 Å². The van der Waals surface area contributed by atoms with Crippen molar-refractivity contribution in [3.05, 3.63) is 24.3 Å². The molecule has 0 bridgehead atoms. The molecule has 124 valence electrons. The van der Waals surface area contributed by atoms with Crippen molar-refractivity contribution in [1.82, 2.24) is 15.6 Å². The summed E-state index contributed by atoms with van der Waals surface area (Å²) in [6.45, 7) is 3.64. The molecule has 2 unspecified atom stereocenters. The average Bonchev–Trinajstić information content (AvgIpc) is 2.97. The van der Waals surface area contributed by atoms with Crippen molar-refractivity contribution in [1.29, 1.82) is 0 Å². The topological polar surface area (TPSA) is 77.5 Å². The van der Waals surface area contributed by atoms with Crippen LogP contribution in [-0.2, 0) is 0 Å². The number of rotatable bonds is 4. The molecule has 3 N–H and O–H groups in total. The van der Waals surface area contributed by atoms with E-state index in [0.29, 0.717) is 0 Å². The zero-order chi connectivity index (χ0) is 16.2. The fourth-order valence-electron chi connectivity index (χ4n) is 2.74. The molecule has 0 spiro atoms. The summed E-state index contributed by atoms with van der Waals surface area (Å²) < 4.78 is 1.19. The van der Waals surface area contributed by atoms with Gasteiger partial charge in [-0.25, -0.2) is 9.78 Å². The highest BCUT2D eigenvalue weighted by Gasteiger charge is 2.23. The van der Waals surface area contributed by atoms with Gasteiger partial charge in [-0.15, -0.1) is 0 Å². The molecule has 2 aromatic rings. The minimum Gasteiger partial charge on any atom is -0.392 e. The van der Waals surface area contributed by atoms with Crippen LogP contribution < -0.4 is 15.5 Å². The van der Waals surface area contributed by atoms with Gasteiger partial charge in [0, 0.05) is 25.7 Å². The zero-order valence-corrected chi connectivity index (χ0v) is 14.0. The van der Waals surface area contributed by atoms with E-state index in [2.05, 4.69) is 21.6 Å². The Kier molecular flexibility index (Phi) is 4.97. The first-order chi connectivity index (χ1) is 11.1. The lowest BCUT2D eigenvalue weighted by Gasteiger charge is -2.32.